The van der Waals surface area contributed by atoms with Crippen molar-refractivity contribution in [3.63, 3.8) is 0 Å². The molecule has 2 N–H and O–H groups in total. The molecule has 36 heavy (non-hydrogen) atoms. The summed E-state index contributed by atoms with van der Waals surface area (Å²) in [5.74, 6) is -4.48. The fourth-order valence-corrected chi connectivity index (χ4v) is 4.84. The van der Waals surface area contributed by atoms with Crippen molar-refractivity contribution < 1.29 is 33.1 Å². The van der Waals surface area contributed by atoms with E-state index < -0.39 is 41.5 Å². The average molecular weight is 522 g/mol. The van der Waals surface area contributed by atoms with Crippen LogP contribution in [0.4, 0.5) is 8.78 Å². The third-order valence-corrected chi connectivity index (χ3v) is 6.65. The number of nitrogens with one attached hydrogen (secondary N) is 1. The number of hydrogen-bond acceptors (Lipinski definition) is 5. The van der Waals surface area contributed by atoms with Crippen LogP contribution in [0.2, 0.25) is 0 Å². The van der Waals surface area contributed by atoms with Gasteiger partial charge in [0.15, 0.2) is 0 Å². The van der Waals surface area contributed by atoms with E-state index in [-0.39, 0.29) is 49.4 Å². The Hall–Kier alpha value is -3.34. The summed E-state index contributed by atoms with van der Waals surface area (Å²) in [5.41, 5.74) is -0.559. The maximum atomic E-state index is 13.7. The number of carboxylic acids is 1. The van der Waals surface area contributed by atoms with E-state index >= 15 is 0 Å². The van der Waals surface area contributed by atoms with E-state index in [4.69, 9.17) is 0 Å². The number of thiophene rings is 1. The summed E-state index contributed by atoms with van der Waals surface area (Å²) in [7, 11) is 0. The van der Waals surface area contributed by atoms with Crippen LogP contribution in [-0.2, 0) is 14.4 Å². The Kier molecular flexibility index (Phi) is 8.44. The maximum Gasteiger partial charge on any atom is 0.305 e. The minimum Gasteiger partial charge on any atom is -0.481 e. The topological polar surface area (TPSA) is 107 Å². The van der Waals surface area contributed by atoms with Gasteiger partial charge in [-0.05, 0) is 29.0 Å². The van der Waals surface area contributed by atoms with E-state index in [1.54, 1.807) is 17.5 Å². The van der Waals surface area contributed by atoms with Crippen molar-refractivity contribution in [3.05, 3.63) is 57.8 Å². The van der Waals surface area contributed by atoms with Crippen LogP contribution >= 0.6 is 11.3 Å². The molecule has 0 bridgehead atoms. The first kappa shape index (κ1) is 27.3. The van der Waals surface area contributed by atoms with Gasteiger partial charge in [0, 0.05) is 36.0 Å². The van der Waals surface area contributed by atoms with Crippen LogP contribution in [-0.4, -0.2) is 64.3 Å². The number of halogens is 2. The van der Waals surface area contributed by atoms with Gasteiger partial charge >= 0.3 is 5.97 Å². The van der Waals surface area contributed by atoms with Gasteiger partial charge in [0.25, 0.3) is 5.91 Å². The molecule has 0 saturated carbocycles. The molecule has 2 unspecified atom stereocenters. The zero-order chi connectivity index (χ0) is 26.6. The smallest absolute Gasteiger partial charge is 0.305 e. The number of hydrogen-bond donors (Lipinski definition) is 2. The van der Waals surface area contributed by atoms with Gasteiger partial charge in [0.05, 0.1) is 19.0 Å². The predicted molar refractivity (Wildman–Crippen MR) is 129 cm³/mol. The molecule has 1 saturated heterocycles. The number of aliphatic carboxylic acids is 1. The number of benzene rings is 1. The van der Waals surface area contributed by atoms with Crippen molar-refractivity contribution >= 4 is 35.0 Å². The molecule has 8 nitrogen and oxygen atoms in total. The predicted octanol–water partition coefficient (Wildman–Crippen LogP) is 3.45. The first-order valence-electron chi connectivity index (χ1n) is 11.4. The second-order valence-corrected chi connectivity index (χ2v) is 10.9. The molecule has 0 aliphatic carbocycles. The van der Waals surface area contributed by atoms with E-state index in [1.807, 2.05) is 20.8 Å². The summed E-state index contributed by atoms with van der Waals surface area (Å²) >= 11 is 1.29. The number of amides is 3. The van der Waals surface area contributed by atoms with Crippen LogP contribution in [0.5, 0.6) is 0 Å². The average Bonchev–Trinajstić information content (AvgIpc) is 3.30. The lowest BCUT2D eigenvalue weighted by Gasteiger charge is -2.41. The molecule has 1 aliphatic rings. The van der Waals surface area contributed by atoms with E-state index in [0.29, 0.717) is 10.9 Å². The van der Waals surface area contributed by atoms with Gasteiger partial charge in [-0.2, -0.15) is 0 Å². The molecule has 1 aromatic carbocycles. The quantitative estimate of drug-likeness (QED) is 0.581. The summed E-state index contributed by atoms with van der Waals surface area (Å²) in [5, 5.41) is 13.8. The van der Waals surface area contributed by atoms with Gasteiger partial charge < -0.3 is 20.2 Å². The molecular formula is C25H29F2N3O5S. The Morgan fingerprint density at radius 3 is 2.36 bits per heavy atom. The van der Waals surface area contributed by atoms with E-state index in [2.05, 4.69) is 5.32 Å². The first-order valence-corrected chi connectivity index (χ1v) is 12.3. The molecule has 0 radical (unpaired) electrons. The number of carbonyl (C=O) groups is 4. The molecule has 2 atom stereocenters. The summed E-state index contributed by atoms with van der Waals surface area (Å²) in [4.78, 5) is 54.3. The maximum absolute atomic E-state index is 13.7. The minimum atomic E-state index is -1.11. The highest BCUT2D eigenvalue weighted by atomic mass is 32.1. The molecule has 2 heterocycles. The van der Waals surface area contributed by atoms with Crippen LogP contribution in [0.25, 0.3) is 0 Å². The lowest BCUT2D eigenvalue weighted by atomic mass is 9.91. The van der Waals surface area contributed by atoms with Crippen molar-refractivity contribution in [3.8, 4) is 0 Å². The second-order valence-electron chi connectivity index (χ2n) is 9.92. The molecule has 3 rings (SSSR count). The lowest BCUT2D eigenvalue weighted by molar-refractivity contribution is -0.145. The Labute approximate surface area is 211 Å². The van der Waals surface area contributed by atoms with Gasteiger partial charge in [0.2, 0.25) is 11.8 Å². The van der Waals surface area contributed by atoms with Crippen LogP contribution in [0, 0.1) is 17.0 Å². The van der Waals surface area contributed by atoms with Gasteiger partial charge in [0.1, 0.15) is 17.7 Å². The normalized spacial score (nSPS) is 17.0. The standard InChI is InChI=1S/C25H29F2N3O5S/c1-25(2,3)13-21(31)30-7-6-29(24(35)15-9-16(26)11-17(27)10-15)14-19(30)23(34)28-18(12-22(32)33)20-5-4-8-36-20/h4-5,8-11,18-19H,6-7,12-14H2,1-3H3,(H,28,34)(H,32,33). The van der Waals surface area contributed by atoms with Crippen molar-refractivity contribution in [1.82, 2.24) is 15.1 Å². The Morgan fingerprint density at radius 1 is 1.14 bits per heavy atom. The summed E-state index contributed by atoms with van der Waals surface area (Å²) in [6.07, 6.45) is -0.205. The number of carboxylic acid groups (broad SMARTS) is 1. The SMILES string of the molecule is CC(C)(C)CC(=O)N1CCN(C(=O)c2cc(F)cc(F)c2)CC1C(=O)NC(CC(=O)O)c1cccs1. The highest BCUT2D eigenvalue weighted by Crippen LogP contribution is 2.25. The molecule has 11 heteroatoms. The van der Waals surface area contributed by atoms with Crippen LogP contribution in [0.15, 0.2) is 35.7 Å². The second kappa shape index (κ2) is 11.2. The number of rotatable bonds is 7. The van der Waals surface area contributed by atoms with Crippen LogP contribution in [0.1, 0.15) is 54.9 Å². The molecule has 1 aromatic heterocycles. The van der Waals surface area contributed by atoms with E-state index in [9.17, 15) is 33.1 Å². The highest BCUT2D eigenvalue weighted by Gasteiger charge is 2.39. The van der Waals surface area contributed by atoms with Crippen molar-refractivity contribution in [1.29, 1.82) is 0 Å². The first-order chi connectivity index (χ1) is 16.8. The number of nitrogens with zero attached hydrogens (tertiary/aromatic N) is 2. The van der Waals surface area contributed by atoms with Gasteiger partial charge in [-0.3, -0.25) is 19.2 Å². The highest BCUT2D eigenvalue weighted by molar-refractivity contribution is 7.10. The Bertz CT molecular complexity index is 1110. The summed E-state index contributed by atoms with van der Waals surface area (Å²) < 4.78 is 27.4. The fourth-order valence-electron chi connectivity index (χ4n) is 4.06. The van der Waals surface area contributed by atoms with Crippen LogP contribution < -0.4 is 5.32 Å². The molecule has 1 fully saturated rings. The minimum absolute atomic E-state index is 0.0408. The molecule has 3 amide bonds. The zero-order valence-electron chi connectivity index (χ0n) is 20.3. The molecule has 194 valence electrons. The zero-order valence-corrected chi connectivity index (χ0v) is 21.1. The Balaban J connectivity index is 1.87. The lowest BCUT2D eigenvalue weighted by Crippen LogP contribution is -2.62. The summed E-state index contributed by atoms with van der Waals surface area (Å²) in [6.45, 7) is 5.57. The molecule has 1 aliphatic heterocycles. The fraction of sp³-hybridized carbons (Fsp3) is 0.440. The monoisotopic (exact) mass is 521 g/mol. The third kappa shape index (κ3) is 7.09. The van der Waals surface area contributed by atoms with E-state index in [0.717, 1.165) is 12.1 Å². The largest absolute Gasteiger partial charge is 0.481 e. The van der Waals surface area contributed by atoms with Crippen molar-refractivity contribution in [2.45, 2.75) is 45.7 Å². The van der Waals surface area contributed by atoms with E-state index in [1.165, 1.54) is 21.1 Å². The van der Waals surface area contributed by atoms with Crippen molar-refractivity contribution in [2.24, 2.45) is 5.41 Å². The number of carbonyl (C=O) groups excluding carboxylic acids is 3. The van der Waals surface area contributed by atoms with Gasteiger partial charge in [-0.15, -0.1) is 11.3 Å². The van der Waals surface area contributed by atoms with Crippen LogP contribution in [0.3, 0.4) is 0 Å². The molecular weight excluding hydrogens is 492 g/mol. The number of piperazine rings is 1. The summed E-state index contributed by atoms with van der Waals surface area (Å²) in [6, 6.07) is 4.00. The van der Waals surface area contributed by atoms with Crippen molar-refractivity contribution in [2.75, 3.05) is 19.6 Å². The Morgan fingerprint density at radius 2 is 1.81 bits per heavy atom. The molecule has 2 aromatic rings. The third-order valence-electron chi connectivity index (χ3n) is 5.66. The van der Waals surface area contributed by atoms with Gasteiger partial charge in [-0.25, -0.2) is 8.78 Å². The molecule has 0 spiro atoms. The van der Waals surface area contributed by atoms with Gasteiger partial charge in [-0.1, -0.05) is 26.8 Å².